The minimum Gasteiger partial charge on any atom is -0.352 e. The molecular weight excluding hydrogens is 290 g/mol. The molecule has 1 unspecified atom stereocenters. The zero-order chi connectivity index (χ0) is 15.4. The van der Waals surface area contributed by atoms with Crippen LogP contribution in [-0.4, -0.2) is 25.5 Å². The van der Waals surface area contributed by atoms with Gasteiger partial charge < -0.3 is 5.32 Å². The van der Waals surface area contributed by atoms with Gasteiger partial charge in [-0.3, -0.25) is 14.2 Å². The van der Waals surface area contributed by atoms with Crippen molar-refractivity contribution >= 4 is 17.5 Å². The fourth-order valence-electron chi connectivity index (χ4n) is 2.14. The molecule has 0 fully saturated rings. The fourth-order valence-corrected chi connectivity index (χ4v) is 2.29. The van der Waals surface area contributed by atoms with Gasteiger partial charge in [0.25, 0.3) is 0 Å². The highest BCUT2D eigenvalue weighted by Crippen LogP contribution is 2.09. The van der Waals surface area contributed by atoms with Crippen LogP contribution in [0.2, 0.25) is 5.02 Å². The lowest BCUT2D eigenvalue weighted by atomic mass is 10.1. The minimum absolute atomic E-state index is 0.00901. The summed E-state index contributed by atoms with van der Waals surface area (Å²) in [6.45, 7) is 7.75. The minimum atomic E-state index is -0.178. The van der Waals surface area contributed by atoms with Gasteiger partial charge in [-0.25, -0.2) is 0 Å². The lowest BCUT2D eigenvalue weighted by Crippen LogP contribution is -2.31. The van der Waals surface area contributed by atoms with Crippen molar-refractivity contribution in [3.8, 4) is 0 Å². The largest absolute Gasteiger partial charge is 0.352 e. The molecule has 7 heteroatoms. The smallest absolute Gasteiger partial charge is 0.224 e. The van der Waals surface area contributed by atoms with E-state index in [0.717, 1.165) is 17.8 Å². The maximum atomic E-state index is 12.1. The Hall–Kier alpha value is -1.82. The zero-order valence-corrected chi connectivity index (χ0v) is 13.3. The molecule has 0 saturated heterocycles. The molecule has 0 aromatic carbocycles. The van der Waals surface area contributed by atoms with Gasteiger partial charge in [0.15, 0.2) is 0 Å². The van der Waals surface area contributed by atoms with Crippen molar-refractivity contribution in [2.24, 2.45) is 5.92 Å². The number of rotatable bonds is 6. The monoisotopic (exact) mass is 309 g/mol. The van der Waals surface area contributed by atoms with E-state index in [1.54, 1.807) is 23.3 Å². The quantitative estimate of drug-likeness (QED) is 0.888. The molecule has 2 aromatic rings. The molecule has 0 aliphatic heterocycles. The number of aryl methyl sites for hydroxylation is 1. The number of carbonyl (C=O) groups excluding carboxylic acids is 1. The van der Waals surface area contributed by atoms with Crippen molar-refractivity contribution in [3.05, 3.63) is 34.9 Å². The number of carbonyl (C=O) groups is 1. The van der Waals surface area contributed by atoms with Crippen molar-refractivity contribution in [3.63, 3.8) is 0 Å². The molecule has 1 N–H and O–H groups in total. The first kappa shape index (κ1) is 15.6. The predicted molar refractivity (Wildman–Crippen MR) is 80.9 cm³/mol. The third kappa shape index (κ3) is 3.85. The molecule has 0 spiro atoms. The Labute approximate surface area is 129 Å². The van der Waals surface area contributed by atoms with Gasteiger partial charge in [0.2, 0.25) is 5.91 Å². The van der Waals surface area contributed by atoms with E-state index in [9.17, 15) is 4.79 Å². The predicted octanol–water partition coefficient (Wildman–Crippen LogP) is 2.01. The van der Waals surface area contributed by atoms with E-state index in [1.807, 2.05) is 25.5 Å². The molecule has 21 heavy (non-hydrogen) atoms. The Morgan fingerprint density at radius 1 is 1.43 bits per heavy atom. The summed E-state index contributed by atoms with van der Waals surface area (Å²) >= 11 is 5.80. The number of amides is 1. The maximum absolute atomic E-state index is 12.1. The van der Waals surface area contributed by atoms with Gasteiger partial charge in [-0.1, -0.05) is 18.5 Å². The average molecular weight is 310 g/mol. The molecule has 114 valence electrons. The van der Waals surface area contributed by atoms with E-state index in [4.69, 9.17) is 11.6 Å². The van der Waals surface area contributed by atoms with Crippen LogP contribution in [0.25, 0.3) is 0 Å². The van der Waals surface area contributed by atoms with Crippen LogP contribution < -0.4 is 5.32 Å². The summed E-state index contributed by atoms with van der Waals surface area (Å²) in [6.07, 6.45) is 5.08. The van der Waals surface area contributed by atoms with Crippen LogP contribution in [-0.2, 0) is 24.4 Å². The van der Waals surface area contributed by atoms with E-state index in [-0.39, 0.29) is 11.8 Å². The van der Waals surface area contributed by atoms with E-state index in [1.165, 1.54) is 0 Å². The van der Waals surface area contributed by atoms with Gasteiger partial charge in [0.1, 0.15) is 0 Å². The Morgan fingerprint density at radius 2 is 2.19 bits per heavy atom. The highest BCUT2D eigenvalue weighted by Gasteiger charge is 2.15. The van der Waals surface area contributed by atoms with Crippen LogP contribution in [0.1, 0.15) is 25.1 Å². The molecule has 0 aliphatic rings. The normalized spacial score (nSPS) is 12.4. The van der Waals surface area contributed by atoms with Crippen LogP contribution in [0.5, 0.6) is 0 Å². The first-order valence-corrected chi connectivity index (χ1v) is 7.36. The lowest BCUT2D eigenvalue weighted by molar-refractivity contribution is -0.125. The van der Waals surface area contributed by atoms with Crippen molar-refractivity contribution < 1.29 is 4.79 Å². The van der Waals surface area contributed by atoms with Gasteiger partial charge >= 0.3 is 0 Å². The number of nitrogens with one attached hydrogen (secondary N) is 1. The summed E-state index contributed by atoms with van der Waals surface area (Å²) < 4.78 is 3.59. The zero-order valence-electron chi connectivity index (χ0n) is 12.5. The SMILES string of the molecule is CCn1ncc(CNC(=O)C(C)Cn2cc(Cl)cn2)c1C. The molecule has 0 bridgehead atoms. The van der Waals surface area contributed by atoms with E-state index >= 15 is 0 Å². The fraction of sp³-hybridized carbons (Fsp3) is 0.500. The number of nitrogens with zero attached hydrogens (tertiary/aromatic N) is 4. The van der Waals surface area contributed by atoms with E-state index in [2.05, 4.69) is 15.5 Å². The molecule has 6 nitrogen and oxygen atoms in total. The van der Waals surface area contributed by atoms with Gasteiger partial charge in [-0.2, -0.15) is 10.2 Å². The number of halogens is 1. The highest BCUT2D eigenvalue weighted by atomic mass is 35.5. The van der Waals surface area contributed by atoms with Crippen LogP contribution in [0.4, 0.5) is 0 Å². The van der Waals surface area contributed by atoms with Crippen LogP contribution in [0, 0.1) is 12.8 Å². The number of hydrogen-bond donors (Lipinski definition) is 1. The van der Waals surface area contributed by atoms with Crippen molar-refractivity contribution in [1.82, 2.24) is 24.9 Å². The number of aromatic nitrogens is 4. The second-order valence-electron chi connectivity index (χ2n) is 5.07. The topological polar surface area (TPSA) is 64.7 Å². The Kier molecular flexibility index (Phi) is 5.01. The summed E-state index contributed by atoms with van der Waals surface area (Å²) in [5, 5.41) is 11.9. The molecule has 1 amide bonds. The van der Waals surface area contributed by atoms with Crippen molar-refractivity contribution in [2.45, 2.75) is 40.4 Å². The standard InChI is InChI=1S/C14H20ClN5O/c1-4-20-11(3)12(6-18-20)5-16-14(21)10(2)8-19-9-13(15)7-17-19/h6-7,9-10H,4-5,8H2,1-3H3,(H,16,21). The molecule has 0 radical (unpaired) electrons. The summed E-state index contributed by atoms with van der Waals surface area (Å²) in [5.74, 6) is -0.187. The second-order valence-corrected chi connectivity index (χ2v) is 5.51. The molecule has 0 aliphatic carbocycles. The second kappa shape index (κ2) is 6.76. The van der Waals surface area contributed by atoms with Crippen molar-refractivity contribution in [2.75, 3.05) is 0 Å². The maximum Gasteiger partial charge on any atom is 0.224 e. The molecule has 2 aromatic heterocycles. The first-order valence-electron chi connectivity index (χ1n) is 6.98. The summed E-state index contributed by atoms with van der Waals surface area (Å²) in [4.78, 5) is 12.1. The molecule has 1 atom stereocenters. The van der Waals surface area contributed by atoms with E-state index < -0.39 is 0 Å². The van der Waals surface area contributed by atoms with Crippen molar-refractivity contribution in [1.29, 1.82) is 0 Å². The third-order valence-corrected chi connectivity index (χ3v) is 3.66. The van der Waals surface area contributed by atoms with E-state index in [0.29, 0.717) is 18.1 Å². The average Bonchev–Trinajstić information content (AvgIpc) is 3.02. The Bertz CT molecular complexity index is 619. The Balaban J connectivity index is 1.87. The molecular formula is C14H20ClN5O. The molecule has 2 rings (SSSR count). The highest BCUT2D eigenvalue weighted by molar-refractivity contribution is 6.30. The lowest BCUT2D eigenvalue weighted by Gasteiger charge is -2.12. The first-order chi connectivity index (χ1) is 10.0. The van der Waals surface area contributed by atoms with Crippen LogP contribution >= 0.6 is 11.6 Å². The summed E-state index contributed by atoms with van der Waals surface area (Å²) in [6, 6.07) is 0. The van der Waals surface area contributed by atoms with Gasteiger partial charge in [-0.05, 0) is 13.8 Å². The summed E-state index contributed by atoms with van der Waals surface area (Å²) in [5.41, 5.74) is 2.13. The molecule has 0 saturated carbocycles. The van der Waals surface area contributed by atoms with Gasteiger partial charge in [0.05, 0.1) is 29.9 Å². The van der Waals surface area contributed by atoms with Crippen LogP contribution in [0.3, 0.4) is 0 Å². The Morgan fingerprint density at radius 3 is 2.76 bits per heavy atom. The third-order valence-electron chi connectivity index (χ3n) is 3.47. The summed E-state index contributed by atoms with van der Waals surface area (Å²) in [7, 11) is 0. The van der Waals surface area contributed by atoms with Crippen LogP contribution in [0.15, 0.2) is 18.6 Å². The van der Waals surface area contributed by atoms with Gasteiger partial charge in [-0.15, -0.1) is 0 Å². The molecule has 2 heterocycles. The number of hydrogen-bond acceptors (Lipinski definition) is 3. The van der Waals surface area contributed by atoms with Gasteiger partial charge in [0, 0.05) is 30.5 Å².